The second kappa shape index (κ2) is 34.7. The maximum Gasteiger partial charge on any atom is 0.306 e. The number of hydrogen-bond acceptors (Lipinski definition) is 7. The van der Waals surface area contributed by atoms with Crippen LogP contribution in [0.1, 0.15) is 168 Å². The number of allylic oxidation sites excluding steroid dienone is 2. The predicted octanol–water partition coefficient (Wildman–Crippen LogP) is 10.6. The SMILES string of the molecule is CCCC/C=C/COC(=O)CCCCCCCC(CCCCCCCC(=N)OC/C=C/CCCCCC)OC(=O)CCCOC. The smallest absolute Gasteiger partial charge is 0.306 e. The highest BCUT2D eigenvalue weighted by molar-refractivity contribution is 5.72. The van der Waals surface area contributed by atoms with E-state index in [-0.39, 0.29) is 18.0 Å². The molecule has 0 aliphatic carbocycles. The molecular weight excluding hydrogens is 566 g/mol. The van der Waals surface area contributed by atoms with E-state index in [9.17, 15) is 9.59 Å². The van der Waals surface area contributed by atoms with Gasteiger partial charge >= 0.3 is 11.9 Å². The molecule has 0 aliphatic rings. The van der Waals surface area contributed by atoms with E-state index in [1.165, 1.54) is 38.5 Å². The summed E-state index contributed by atoms with van der Waals surface area (Å²) < 4.78 is 21.7. The Bertz CT molecular complexity index is 751. The van der Waals surface area contributed by atoms with Crippen LogP contribution < -0.4 is 0 Å². The lowest BCUT2D eigenvalue weighted by molar-refractivity contribution is -0.150. The minimum absolute atomic E-state index is 0.0262. The zero-order valence-electron chi connectivity index (χ0n) is 29.4. The van der Waals surface area contributed by atoms with Crippen molar-refractivity contribution in [2.24, 2.45) is 0 Å². The van der Waals surface area contributed by atoms with Crippen molar-refractivity contribution < 1.29 is 28.5 Å². The summed E-state index contributed by atoms with van der Waals surface area (Å²) in [6.07, 6.45) is 32.2. The van der Waals surface area contributed by atoms with Crippen LogP contribution >= 0.6 is 0 Å². The van der Waals surface area contributed by atoms with Crippen molar-refractivity contribution in [2.75, 3.05) is 26.9 Å². The Morgan fingerprint density at radius 2 is 1.11 bits per heavy atom. The van der Waals surface area contributed by atoms with Gasteiger partial charge in [-0.3, -0.25) is 15.0 Å². The van der Waals surface area contributed by atoms with E-state index >= 15 is 0 Å². The van der Waals surface area contributed by atoms with Crippen LogP contribution in [0.4, 0.5) is 0 Å². The highest BCUT2D eigenvalue weighted by Crippen LogP contribution is 2.18. The molecule has 0 aromatic rings. The summed E-state index contributed by atoms with van der Waals surface area (Å²) in [5, 5.41) is 8.01. The van der Waals surface area contributed by atoms with Crippen LogP contribution in [-0.4, -0.2) is 50.9 Å². The molecule has 1 unspecified atom stereocenters. The molecule has 0 aliphatic heterocycles. The molecule has 0 saturated heterocycles. The van der Waals surface area contributed by atoms with Crippen molar-refractivity contribution in [2.45, 2.75) is 174 Å². The number of hydrogen-bond donors (Lipinski definition) is 1. The summed E-state index contributed by atoms with van der Waals surface area (Å²) in [5.74, 6) is 0.149. The Labute approximate surface area is 276 Å². The summed E-state index contributed by atoms with van der Waals surface area (Å²) in [6, 6.07) is 0. The molecule has 0 saturated carbocycles. The Morgan fingerprint density at radius 3 is 1.76 bits per heavy atom. The number of ether oxygens (including phenoxy) is 4. The molecule has 0 radical (unpaired) electrons. The molecule has 45 heavy (non-hydrogen) atoms. The molecule has 0 heterocycles. The first-order valence-corrected chi connectivity index (χ1v) is 18.4. The average Bonchev–Trinajstić information content (AvgIpc) is 3.03. The van der Waals surface area contributed by atoms with Crippen molar-refractivity contribution in [1.29, 1.82) is 5.41 Å². The first-order chi connectivity index (χ1) is 22.0. The van der Waals surface area contributed by atoms with Gasteiger partial charge in [-0.25, -0.2) is 0 Å². The molecule has 0 rings (SSSR count). The zero-order valence-corrected chi connectivity index (χ0v) is 29.4. The summed E-state index contributed by atoms with van der Waals surface area (Å²) in [6.45, 7) is 5.85. The van der Waals surface area contributed by atoms with Crippen LogP contribution in [0, 0.1) is 5.41 Å². The minimum Gasteiger partial charge on any atom is -0.477 e. The van der Waals surface area contributed by atoms with Gasteiger partial charge in [0.15, 0.2) is 5.90 Å². The van der Waals surface area contributed by atoms with Crippen molar-refractivity contribution in [1.82, 2.24) is 0 Å². The maximum absolute atomic E-state index is 12.3. The first-order valence-electron chi connectivity index (χ1n) is 18.4. The molecule has 0 spiro atoms. The summed E-state index contributed by atoms with van der Waals surface area (Å²) in [5.41, 5.74) is 0. The van der Waals surface area contributed by atoms with Crippen LogP contribution in [0.25, 0.3) is 0 Å². The Kier molecular flexibility index (Phi) is 33.1. The van der Waals surface area contributed by atoms with Crippen LogP contribution in [0.2, 0.25) is 0 Å². The van der Waals surface area contributed by atoms with Crippen LogP contribution in [0.5, 0.6) is 0 Å². The summed E-state index contributed by atoms with van der Waals surface area (Å²) >= 11 is 0. The molecule has 0 aromatic carbocycles. The lowest BCUT2D eigenvalue weighted by Crippen LogP contribution is -2.18. The lowest BCUT2D eigenvalue weighted by atomic mass is 10.0. The fourth-order valence-corrected chi connectivity index (χ4v) is 5.04. The van der Waals surface area contributed by atoms with Crippen LogP contribution in [0.3, 0.4) is 0 Å². The minimum atomic E-state index is -0.124. The third-order valence-corrected chi connectivity index (χ3v) is 7.84. The molecular formula is C38H69NO6. The number of carbonyl (C=O) groups is 2. The second-order valence-electron chi connectivity index (χ2n) is 12.2. The molecule has 262 valence electrons. The van der Waals surface area contributed by atoms with Gasteiger partial charge in [0, 0.05) is 33.0 Å². The number of carbonyl (C=O) groups excluding carboxylic acids is 2. The van der Waals surface area contributed by atoms with Crippen molar-refractivity contribution in [3.05, 3.63) is 24.3 Å². The molecule has 7 heteroatoms. The average molecular weight is 636 g/mol. The first kappa shape index (κ1) is 42.9. The van der Waals surface area contributed by atoms with Gasteiger partial charge in [0.25, 0.3) is 0 Å². The fourth-order valence-electron chi connectivity index (χ4n) is 5.04. The number of esters is 2. The number of rotatable bonds is 33. The monoisotopic (exact) mass is 636 g/mol. The molecule has 1 N–H and O–H groups in total. The third-order valence-electron chi connectivity index (χ3n) is 7.84. The molecule has 7 nitrogen and oxygen atoms in total. The lowest BCUT2D eigenvalue weighted by Gasteiger charge is -2.18. The van der Waals surface area contributed by atoms with Gasteiger partial charge in [-0.05, 0) is 64.2 Å². The molecule has 0 aromatic heterocycles. The molecule has 0 amide bonds. The van der Waals surface area contributed by atoms with Gasteiger partial charge in [-0.1, -0.05) is 109 Å². The standard InChI is InChI=1S/C38H69NO6/c1-4-6-8-10-11-19-24-33-43-36(39)29-22-16-12-14-20-27-35(45-38(41)31-26-32-42-3)28-21-15-13-17-23-30-37(40)44-34-25-18-9-7-5-2/h18-19,24-25,35,39H,4-17,20-23,26-34H2,1-3H3/b24-19+,25-18+,39-36?. The van der Waals surface area contributed by atoms with Gasteiger partial charge in [0.05, 0.1) is 0 Å². The van der Waals surface area contributed by atoms with Gasteiger partial charge in [-0.2, -0.15) is 0 Å². The molecule has 0 fully saturated rings. The molecule has 0 bridgehead atoms. The van der Waals surface area contributed by atoms with E-state index in [0.717, 1.165) is 89.9 Å². The van der Waals surface area contributed by atoms with E-state index in [4.69, 9.17) is 24.4 Å². The number of nitrogens with one attached hydrogen (secondary N) is 1. The third kappa shape index (κ3) is 33.0. The van der Waals surface area contributed by atoms with Crippen molar-refractivity contribution in [3.8, 4) is 0 Å². The van der Waals surface area contributed by atoms with E-state index in [1.54, 1.807) is 7.11 Å². The van der Waals surface area contributed by atoms with Gasteiger partial charge in [-0.15, -0.1) is 0 Å². The van der Waals surface area contributed by atoms with E-state index in [1.807, 2.05) is 12.2 Å². The van der Waals surface area contributed by atoms with Crippen LogP contribution in [0.15, 0.2) is 24.3 Å². The van der Waals surface area contributed by atoms with Crippen LogP contribution in [-0.2, 0) is 28.5 Å². The zero-order chi connectivity index (χ0) is 33.1. The normalized spacial score (nSPS) is 12.2. The quantitative estimate of drug-likeness (QED) is 0.0253. The Balaban J connectivity index is 4.06. The number of unbranched alkanes of at least 4 members (excludes halogenated alkanes) is 14. The second-order valence-corrected chi connectivity index (χ2v) is 12.2. The maximum atomic E-state index is 12.3. The Morgan fingerprint density at radius 1 is 0.578 bits per heavy atom. The van der Waals surface area contributed by atoms with Gasteiger partial charge in [0.1, 0.15) is 19.3 Å². The largest absolute Gasteiger partial charge is 0.477 e. The number of methoxy groups -OCH3 is 1. The predicted molar refractivity (Wildman–Crippen MR) is 187 cm³/mol. The topological polar surface area (TPSA) is 94.9 Å². The van der Waals surface area contributed by atoms with E-state index in [0.29, 0.717) is 51.4 Å². The summed E-state index contributed by atoms with van der Waals surface area (Å²) in [4.78, 5) is 24.2. The Hall–Kier alpha value is -2.15. The molecule has 1 atom stereocenters. The van der Waals surface area contributed by atoms with E-state index in [2.05, 4.69) is 26.0 Å². The van der Waals surface area contributed by atoms with Crippen molar-refractivity contribution >= 4 is 17.8 Å². The fraction of sp³-hybridized carbons (Fsp3) is 0.816. The highest BCUT2D eigenvalue weighted by Gasteiger charge is 2.14. The summed E-state index contributed by atoms with van der Waals surface area (Å²) in [7, 11) is 1.65. The van der Waals surface area contributed by atoms with E-state index < -0.39 is 0 Å². The van der Waals surface area contributed by atoms with Crippen molar-refractivity contribution in [3.63, 3.8) is 0 Å². The van der Waals surface area contributed by atoms with Gasteiger partial charge < -0.3 is 18.9 Å². The van der Waals surface area contributed by atoms with Gasteiger partial charge in [0.2, 0.25) is 0 Å². The highest BCUT2D eigenvalue weighted by atomic mass is 16.5.